The number of benzene rings is 3. The number of primary amides is 1. The molecule has 2 aromatic heterocycles. The molecule has 0 atom stereocenters. The van der Waals surface area contributed by atoms with Crippen LogP contribution in [0.25, 0.3) is 33.5 Å². The van der Waals surface area contributed by atoms with Crippen molar-refractivity contribution >= 4 is 57.2 Å². The minimum absolute atomic E-state index is 0.159. The molecule has 0 bridgehead atoms. The molecule has 0 fully saturated rings. The van der Waals surface area contributed by atoms with Crippen molar-refractivity contribution in [3.8, 4) is 23.1 Å². The molecule has 5 rings (SSSR count). The van der Waals surface area contributed by atoms with Gasteiger partial charge in [0, 0.05) is 10.4 Å². The van der Waals surface area contributed by atoms with Gasteiger partial charge in [0.05, 0.1) is 29.2 Å². The van der Waals surface area contributed by atoms with Gasteiger partial charge in [-0.3, -0.25) is 9.59 Å². The first-order valence-corrected chi connectivity index (χ1v) is 11.6. The van der Waals surface area contributed by atoms with Gasteiger partial charge in [0.25, 0.3) is 11.5 Å². The van der Waals surface area contributed by atoms with Gasteiger partial charge in [-0.2, -0.15) is 9.78 Å². The third kappa shape index (κ3) is 4.87. The summed E-state index contributed by atoms with van der Waals surface area (Å²) in [6.07, 6.45) is 1.42. The molecule has 5 aromatic rings. The first-order chi connectivity index (χ1) is 17.8. The summed E-state index contributed by atoms with van der Waals surface area (Å²) in [5, 5.41) is 6.27. The number of fused-ring (bicyclic) bond motifs is 2. The Kier molecular flexibility index (Phi) is 6.56. The number of hydrogen-bond acceptors (Lipinski definition) is 7. The quantitative estimate of drug-likeness (QED) is 0.296. The number of nitrogens with zero attached hydrogens (tertiary/aromatic N) is 3. The second kappa shape index (κ2) is 9.96. The van der Waals surface area contributed by atoms with Gasteiger partial charge < -0.3 is 19.6 Å². The maximum absolute atomic E-state index is 13.4. The van der Waals surface area contributed by atoms with Gasteiger partial charge in [-0.1, -0.05) is 35.3 Å². The van der Waals surface area contributed by atoms with Crippen molar-refractivity contribution in [2.75, 3.05) is 13.7 Å². The smallest absolute Gasteiger partial charge is 0.282 e. The standard InChI is InChI=1S/C26H18Cl2N4O5/c1-35-21-9-14(8-18(28)24(21)36-13-23(29)33)12-30-32-25(31-19-5-3-2-4-17(19)26(32)34)22-11-15-10-16(27)6-7-20(15)37-22/h2-12H,13H2,1H3,(H2,29,33). The number of para-hydroxylation sites is 1. The van der Waals surface area contributed by atoms with Gasteiger partial charge in [-0.15, -0.1) is 0 Å². The molecular weight excluding hydrogens is 519 g/mol. The molecule has 0 unspecified atom stereocenters. The summed E-state index contributed by atoms with van der Waals surface area (Å²) in [6.45, 7) is -0.367. The number of rotatable bonds is 7. The molecule has 2 N–H and O–H groups in total. The highest BCUT2D eigenvalue weighted by molar-refractivity contribution is 6.32. The Morgan fingerprint density at radius 2 is 1.97 bits per heavy atom. The lowest BCUT2D eigenvalue weighted by molar-refractivity contribution is -0.119. The number of amides is 1. The van der Waals surface area contributed by atoms with Gasteiger partial charge in [-0.05, 0) is 54.1 Å². The van der Waals surface area contributed by atoms with Crippen LogP contribution in [0.5, 0.6) is 11.5 Å². The van der Waals surface area contributed by atoms with Crippen LogP contribution in [0.15, 0.2) is 75.0 Å². The minimum Gasteiger partial charge on any atom is -0.493 e. The molecule has 37 heavy (non-hydrogen) atoms. The topological polar surface area (TPSA) is 122 Å². The van der Waals surface area contributed by atoms with Gasteiger partial charge in [0.1, 0.15) is 5.58 Å². The van der Waals surface area contributed by atoms with E-state index in [9.17, 15) is 9.59 Å². The molecule has 0 spiro atoms. The van der Waals surface area contributed by atoms with Crippen LogP contribution in [-0.4, -0.2) is 35.5 Å². The highest BCUT2D eigenvalue weighted by Crippen LogP contribution is 2.36. The first-order valence-electron chi connectivity index (χ1n) is 10.9. The van der Waals surface area contributed by atoms with Crippen LogP contribution in [0.3, 0.4) is 0 Å². The number of hydrogen-bond donors (Lipinski definition) is 1. The van der Waals surface area contributed by atoms with Crippen molar-refractivity contribution in [2.24, 2.45) is 10.8 Å². The Morgan fingerprint density at radius 1 is 1.16 bits per heavy atom. The van der Waals surface area contributed by atoms with Crippen LogP contribution >= 0.6 is 23.2 Å². The molecule has 3 aromatic carbocycles. The van der Waals surface area contributed by atoms with Crippen molar-refractivity contribution in [2.45, 2.75) is 0 Å². The van der Waals surface area contributed by atoms with E-state index in [0.717, 1.165) is 10.1 Å². The SMILES string of the molecule is COc1cc(C=Nn2c(-c3cc4cc(Cl)ccc4o3)nc3ccccc3c2=O)cc(Cl)c1OCC(N)=O. The molecule has 186 valence electrons. The number of furan rings is 1. The number of halogens is 2. The summed E-state index contributed by atoms with van der Waals surface area (Å²) < 4.78 is 17.8. The number of carbonyl (C=O) groups excluding carboxylic acids is 1. The van der Waals surface area contributed by atoms with Crippen LogP contribution in [0.1, 0.15) is 5.56 Å². The van der Waals surface area contributed by atoms with E-state index >= 15 is 0 Å². The second-order valence-electron chi connectivity index (χ2n) is 7.90. The Labute approximate surface area is 219 Å². The summed E-state index contributed by atoms with van der Waals surface area (Å²) in [4.78, 5) is 29.2. The maximum atomic E-state index is 13.4. The van der Waals surface area contributed by atoms with Crippen LogP contribution < -0.4 is 20.8 Å². The zero-order chi connectivity index (χ0) is 26.1. The predicted molar refractivity (Wildman–Crippen MR) is 142 cm³/mol. The number of methoxy groups -OCH3 is 1. The third-order valence-electron chi connectivity index (χ3n) is 5.39. The van der Waals surface area contributed by atoms with E-state index in [-0.39, 0.29) is 29.0 Å². The van der Waals surface area contributed by atoms with Gasteiger partial charge >= 0.3 is 0 Å². The van der Waals surface area contributed by atoms with E-state index < -0.39 is 11.5 Å². The molecular formula is C26H18Cl2N4O5. The summed E-state index contributed by atoms with van der Waals surface area (Å²) in [6, 6.07) is 17.0. The van der Waals surface area contributed by atoms with Gasteiger partial charge in [-0.25, -0.2) is 4.98 Å². The molecule has 0 aliphatic rings. The molecule has 1 amide bonds. The molecule has 0 saturated carbocycles. The average Bonchev–Trinajstić information content (AvgIpc) is 3.30. The second-order valence-corrected chi connectivity index (χ2v) is 8.74. The molecule has 0 aliphatic heterocycles. The van der Waals surface area contributed by atoms with Crippen molar-refractivity contribution < 1.29 is 18.7 Å². The average molecular weight is 537 g/mol. The number of aromatic nitrogens is 2. The van der Waals surface area contributed by atoms with Gasteiger partial charge in [0.15, 0.2) is 23.9 Å². The van der Waals surface area contributed by atoms with Crippen molar-refractivity contribution in [3.63, 3.8) is 0 Å². The molecule has 9 nitrogen and oxygen atoms in total. The Balaban J connectivity index is 1.63. The molecule has 0 saturated heterocycles. The van der Waals surface area contributed by atoms with E-state index in [1.54, 1.807) is 60.7 Å². The fraction of sp³-hybridized carbons (Fsp3) is 0.0769. The zero-order valence-electron chi connectivity index (χ0n) is 19.3. The normalized spacial score (nSPS) is 11.4. The van der Waals surface area contributed by atoms with E-state index in [4.69, 9.17) is 42.8 Å². The van der Waals surface area contributed by atoms with Crippen molar-refractivity contribution in [1.29, 1.82) is 0 Å². The summed E-state index contributed by atoms with van der Waals surface area (Å²) in [7, 11) is 1.42. The van der Waals surface area contributed by atoms with Crippen LogP contribution in [0, 0.1) is 0 Å². The molecule has 2 heterocycles. The van der Waals surface area contributed by atoms with Gasteiger partial charge in [0.2, 0.25) is 5.82 Å². The molecule has 11 heteroatoms. The summed E-state index contributed by atoms with van der Waals surface area (Å²) in [5.74, 6) is 0.294. The first kappa shape index (κ1) is 24.4. The highest BCUT2D eigenvalue weighted by atomic mass is 35.5. The Bertz CT molecular complexity index is 1760. The van der Waals surface area contributed by atoms with Crippen LogP contribution in [-0.2, 0) is 4.79 Å². The van der Waals surface area contributed by atoms with E-state index in [1.165, 1.54) is 13.3 Å². The monoisotopic (exact) mass is 536 g/mol. The minimum atomic E-state index is -0.660. The number of nitrogens with two attached hydrogens (primary N) is 1. The number of carbonyl (C=O) groups is 1. The Morgan fingerprint density at radius 3 is 2.76 bits per heavy atom. The molecule has 0 radical (unpaired) electrons. The fourth-order valence-corrected chi connectivity index (χ4v) is 4.19. The zero-order valence-corrected chi connectivity index (χ0v) is 20.8. The third-order valence-corrected chi connectivity index (χ3v) is 5.90. The maximum Gasteiger partial charge on any atom is 0.282 e. The predicted octanol–water partition coefficient (Wildman–Crippen LogP) is 4.87. The Hall–Kier alpha value is -4.34. The van der Waals surface area contributed by atoms with E-state index in [2.05, 4.69) is 10.1 Å². The lowest BCUT2D eigenvalue weighted by Gasteiger charge is -2.12. The fourth-order valence-electron chi connectivity index (χ4n) is 3.74. The lowest BCUT2D eigenvalue weighted by Crippen LogP contribution is -2.20. The van der Waals surface area contributed by atoms with Crippen molar-refractivity contribution in [1.82, 2.24) is 9.66 Å². The lowest BCUT2D eigenvalue weighted by atomic mass is 10.2. The number of ether oxygens (including phenoxy) is 2. The van der Waals surface area contributed by atoms with Crippen LogP contribution in [0.4, 0.5) is 0 Å². The highest BCUT2D eigenvalue weighted by Gasteiger charge is 2.17. The summed E-state index contributed by atoms with van der Waals surface area (Å²) >= 11 is 12.5. The largest absolute Gasteiger partial charge is 0.493 e. The van der Waals surface area contributed by atoms with Crippen molar-refractivity contribution in [3.05, 3.63) is 86.6 Å². The summed E-state index contributed by atoms with van der Waals surface area (Å²) in [5.41, 5.74) is 6.33. The van der Waals surface area contributed by atoms with E-state index in [0.29, 0.717) is 32.8 Å². The van der Waals surface area contributed by atoms with E-state index in [1.807, 2.05) is 0 Å². The van der Waals surface area contributed by atoms with Crippen LogP contribution in [0.2, 0.25) is 10.0 Å². The molecule has 0 aliphatic carbocycles.